The van der Waals surface area contributed by atoms with Crippen molar-refractivity contribution in [3.05, 3.63) is 60.2 Å². The number of esters is 2. The van der Waals surface area contributed by atoms with Crippen molar-refractivity contribution in [2.75, 3.05) is 48.5 Å². The van der Waals surface area contributed by atoms with Gasteiger partial charge >= 0.3 is 11.9 Å². The minimum absolute atomic E-state index is 0. The van der Waals surface area contributed by atoms with Crippen LogP contribution in [-0.2, 0) is 40.9 Å². The van der Waals surface area contributed by atoms with E-state index in [1.165, 1.54) is 14.2 Å². The number of carbonyl (C=O) groups excluding carboxylic acids is 3. The van der Waals surface area contributed by atoms with Gasteiger partial charge in [-0.1, -0.05) is 12.1 Å². The van der Waals surface area contributed by atoms with Crippen LogP contribution in [-0.4, -0.2) is 97.0 Å². The Morgan fingerprint density at radius 2 is 1.38 bits per heavy atom. The van der Waals surface area contributed by atoms with E-state index >= 15 is 0 Å². The van der Waals surface area contributed by atoms with E-state index in [1.807, 2.05) is 47.9 Å². The van der Waals surface area contributed by atoms with Crippen LogP contribution in [0.4, 0.5) is 0 Å². The summed E-state index contributed by atoms with van der Waals surface area (Å²) in [6, 6.07) is 9.10. The van der Waals surface area contributed by atoms with Crippen molar-refractivity contribution in [3.8, 4) is 0 Å². The topological polar surface area (TPSA) is 105 Å². The second-order valence-electron chi connectivity index (χ2n) is 9.74. The molecule has 10 nitrogen and oxygen atoms in total. The summed E-state index contributed by atoms with van der Waals surface area (Å²) in [5.74, 6) is -1.95. The molecule has 200 valence electrons. The Morgan fingerprint density at radius 3 is 1.70 bits per heavy atom. The predicted molar refractivity (Wildman–Crippen MR) is 130 cm³/mol. The number of Topliss-reactive ketones (excluding diaryl/α,β-unsaturated/α-hetero) is 1. The largest absolute Gasteiger partial charge is 0.468 e. The number of fused-ring (bicyclic) bond motifs is 2. The fourth-order valence-corrected chi connectivity index (χ4v) is 5.99. The average Bonchev–Trinajstić information content (AvgIpc) is 2.89. The second-order valence-corrected chi connectivity index (χ2v) is 9.74. The van der Waals surface area contributed by atoms with Gasteiger partial charge in [-0.3, -0.25) is 39.1 Å². The molecule has 2 aromatic heterocycles. The Kier molecular flexibility index (Phi) is 8.56. The molecule has 0 spiro atoms. The van der Waals surface area contributed by atoms with Crippen LogP contribution in [0.3, 0.4) is 0 Å². The molecule has 0 aliphatic carbocycles. The average molecular weight is 551 g/mol. The Hall–Kier alpha value is -2.69. The van der Waals surface area contributed by atoms with Gasteiger partial charge in [-0.25, -0.2) is 0 Å². The molecule has 2 fully saturated rings. The molecule has 11 heteroatoms. The van der Waals surface area contributed by atoms with Crippen molar-refractivity contribution < 1.29 is 40.9 Å². The number of hydrogen-bond acceptors (Lipinski definition) is 10. The zero-order chi connectivity index (χ0) is 26.3. The molecule has 2 saturated heterocycles. The van der Waals surface area contributed by atoms with Crippen LogP contribution in [0.5, 0.6) is 0 Å². The number of nitrogens with zero attached hydrogens (tertiary/aromatic N) is 5. The van der Waals surface area contributed by atoms with Crippen LogP contribution in [0.15, 0.2) is 48.8 Å². The molecule has 5 atom stereocenters. The normalized spacial score (nSPS) is 28.8. The van der Waals surface area contributed by atoms with Crippen LogP contribution < -0.4 is 0 Å². The van der Waals surface area contributed by atoms with Crippen molar-refractivity contribution in [3.63, 3.8) is 0 Å². The predicted octanol–water partition coefficient (Wildman–Crippen LogP) is 1.31. The standard InChI is InChI=1S/C26H33N5O5.Fe/c1-17(29(2)3)31-15-25(23(33)35-5)20(18-11-7-9-13-27-18)30(4)21(19-12-8-10-14-28-19)26(16-31,22(25)32)24(34)36-6;/h7-14,17,20-21H,15-16H2,1-6H3;. The fourth-order valence-electron chi connectivity index (χ4n) is 5.99. The van der Waals surface area contributed by atoms with Gasteiger partial charge < -0.3 is 9.47 Å². The first-order valence-corrected chi connectivity index (χ1v) is 11.8. The number of carbonyl (C=O) groups is 3. The number of aromatic nitrogens is 2. The van der Waals surface area contributed by atoms with Gasteiger partial charge in [-0.05, 0) is 52.3 Å². The molecule has 0 amide bonds. The van der Waals surface area contributed by atoms with Gasteiger partial charge in [-0.2, -0.15) is 0 Å². The number of rotatable bonds is 6. The molecule has 0 radical (unpaired) electrons. The maximum atomic E-state index is 14.8. The minimum Gasteiger partial charge on any atom is -0.468 e. The van der Waals surface area contributed by atoms with E-state index in [0.29, 0.717) is 11.4 Å². The molecule has 4 rings (SSSR count). The number of methoxy groups -OCH3 is 2. The number of piperidine rings is 2. The van der Waals surface area contributed by atoms with Crippen LogP contribution in [0.1, 0.15) is 30.4 Å². The molecular weight excluding hydrogens is 518 g/mol. The summed E-state index contributed by atoms with van der Waals surface area (Å²) in [4.78, 5) is 57.2. The summed E-state index contributed by atoms with van der Waals surface area (Å²) in [6.07, 6.45) is 3.04. The zero-order valence-corrected chi connectivity index (χ0v) is 23.0. The SMILES string of the molecule is COC(=O)C12CN(C(C)N(C)C)CC(C(=O)OC)(C1=O)C(c1ccccn1)N(C)C2c1ccccn1.[Fe]. The summed E-state index contributed by atoms with van der Waals surface area (Å²) in [7, 11) is 8.14. The number of ketones is 1. The van der Waals surface area contributed by atoms with Gasteiger partial charge in [0, 0.05) is 42.6 Å². The van der Waals surface area contributed by atoms with E-state index < -0.39 is 40.6 Å². The van der Waals surface area contributed by atoms with Crippen LogP contribution in [0.2, 0.25) is 0 Å². The monoisotopic (exact) mass is 551 g/mol. The summed E-state index contributed by atoms with van der Waals surface area (Å²) >= 11 is 0. The van der Waals surface area contributed by atoms with E-state index in [9.17, 15) is 14.4 Å². The molecule has 0 N–H and O–H groups in total. The molecule has 0 saturated carbocycles. The zero-order valence-electron chi connectivity index (χ0n) is 21.9. The van der Waals surface area contributed by atoms with E-state index in [0.717, 1.165) is 0 Å². The molecule has 2 aromatic rings. The number of likely N-dealkylation sites (tertiary alicyclic amines) is 2. The third-order valence-electron chi connectivity index (χ3n) is 7.77. The third kappa shape index (κ3) is 4.28. The summed E-state index contributed by atoms with van der Waals surface area (Å²) < 4.78 is 10.6. The maximum absolute atomic E-state index is 14.8. The molecule has 2 aliphatic rings. The van der Waals surface area contributed by atoms with Gasteiger partial charge in [0.2, 0.25) is 0 Å². The number of pyridine rings is 2. The first-order valence-electron chi connectivity index (χ1n) is 11.8. The Morgan fingerprint density at radius 1 is 0.946 bits per heavy atom. The second kappa shape index (κ2) is 11.0. The van der Waals surface area contributed by atoms with E-state index in [4.69, 9.17) is 9.47 Å². The van der Waals surface area contributed by atoms with Gasteiger partial charge in [0.25, 0.3) is 0 Å². The molecule has 5 unspecified atom stereocenters. The summed E-state index contributed by atoms with van der Waals surface area (Å²) in [5, 5.41) is 0. The quantitative estimate of drug-likeness (QED) is 0.297. The first-order chi connectivity index (χ1) is 17.2. The molecule has 2 aliphatic heterocycles. The molecule has 2 bridgehead atoms. The first kappa shape index (κ1) is 28.9. The smallest absolute Gasteiger partial charge is 0.322 e. The van der Waals surface area contributed by atoms with Crippen molar-refractivity contribution in [1.82, 2.24) is 24.7 Å². The van der Waals surface area contributed by atoms with Crippen molar-refractivity contribution in [2.24, 2.45) is 10.8 Å². The van der Waals surface area contributed by atoms with Gasteiger partial charge in [0.05, 0.1) is 43.9 Å². The van der Waals surface area contributed by atoms with E-state index in [2.05, 4.69) is 9.97 Å². The summed E-state index contributed by atoms with van der Waals surface area (Å²) in [5.41, 5.74) is -2.42. The Balaban J connectivity index is 0.00000380. The summed E-state index contributed by atoms with van der Waals surface area (Å²) in [6.45, 7) is 2.07. The van der Waals surface area contributed by atoms with E-state index in [1.54, 1.807) is 43.7 Å². The molecule has 0 aromatic carbocycles. The van der Waals surface area contributed by atoms with E-state index in [-0.39, 0.29) is 36.3 Å². The number of ether oxygens (including phenoxy) is 2. The van der Waals surface area contributed by atoms with Gasteiger partial charge in [0.15, 0.2) is 16.6 Å². The van der Waals surface area contributed by atoms with Crippen molar-refractivity contribution >= 4 is 17.7 Å². The molecule has 37 heavy (non-hydrogen) atoms. The van der Waals surface area contributed by atoms with Crippen LogP contribution in [0, 0.1) is 10.8 Å². The minimum atomic E-state index is -1.74. The van der Waals surface area contributed by atoms with Crippen LogP contribution >= 0.6 is 0 Å². The van der Waals surface area contributed by atoms with Crippen molar-refractivity contribution in [2.45, 2.75) is 25.2 Å². The Bertz CT molecular complexity index is 1060. The van der Waals surface area contributed by atoms with Gasteiger partial charge in [-0.15, -0.1) is 0 Å². The van der Waals surface area contributed by atoms with Crippen LogP contribution in [0.25, 0.3) is 0 Å². The molecular formula is C26H33FeN5O5. The fraction of sp³-hybridized carbons (Fsp3) is 0.500. The Labute approximate surface area is 227 Å². The maximum Gasteiger partial charge on any atom is 0.322 e. The van der Waals surface area contributed by atoms with Crippen molar-refractivity contribution in [1.29, 1.82) is 0 Å². The number of hydrogen-bond donors (Lipinski definition) is 0. The third-order valence-corrected chi connectivity index (χ3v) is 7.77. The van der Waals surface area contributed by atoms with Gasteiger partial charge in [0.1, 0.15) is 0 Å². The molecule has 4 heterocycles.